The summed E-state index contributed by atoms with van der Waals surface area (Å²) in [6, 6.07) is 10.6. The molecule has 1 aromatic carbocycles. The zero-order chi connectivity index (χ0) is 12.3. The van der Waals surface area contributed by atoms with Gasteiger partial charge in [0.25, 0.3) is 0 Å². The van der Waals surface area contributed by atoms with E-state index in [1.54, 1.807) is 12.1 Å². The van der Waals surface area contributed by atoms with Crippen LogP contribution in [0.4, 0.5) is 4.39 Å². The second-order valence-corrected chi connectivity index (χ2v) is 4.01. The van der Waals surface area contributed by atoms with E-state index in [4.69, 9.17) is 0 Å². The van der Waals surface area contributed by atoms with Crippen LogP contribution in [0.25, 0.3) is 0 Å². The molecule has 2 nitrogen and oxygen atoms in total. The van der Waals surface area contributed by atoms with Crippen LogP contribution in [0.3, 0.4) is 0 Å². The molecule has 1 unspecified atom stereocenters. The van der Waals surface area contributed by atoms with Crippen molar-refractivity contribution in [3.05, 3.63) is 65.2 Å². The number of aryl methyl sites for hydroxylation is 1. The molecule has 2 aromatic rings. The van der Waals surface area contributed by atoms with Gasteiger partial charge in [-0.25, -0.2) is 4.39 Å². The van der Waals surface area contributed by atoms with Gasteiger partial charge in [-0.05, 0) is 43.3 Å². The molecule has 0 fully saturated rings. The third-order valence-electron chi connectivity index (χ3n) is 2.76. The lowest BCUT2D eigenvalue weighted by Gasteiger charge is -2.16. The Morgan fingerprint density at radius 3 is 2.24 bits per heavy atom. The second-order valence-electron chi connectivity index (χ2n) is 4.01. The zero-order valence-electron chi connectivity index (χ0n) is 9.94. The average molecular weight is 230 g/mol. The van der Waals surface area contributed by atoms with Crippen molar-refractivity contribution in [2.75, 3.05) is 7.05 Å². The van der Waals surface area contributed by atoms with Crippen molar-refractivity contribution in [1.82, 2.24) is 10.3 Å². The standard InChI is InChI=1S/C14H15FN2/c1-10-3-4-12(9-17-10)14(16-2)11-5-7-13(15)8-6-11/h3-9,14,16H,1-2H3. The Bertz CT molecular complexity index is 431. The largest absolute Gasteiger partial charge is 0.309 e. The molecule has 1 atom stereocenters. The third-order valence-corrected chi connectivity index (χ3v) is 2.76. The van der Waals surface area contributed by atoms with E-state index in [-0.39, 0.29) is 11.9 Å². The van der Waals surface area contributed by atoms with E-state index in [9.17, 15) is 4.39 Å². The van der Waals surface area contributed by atoms with E-state index in [2.05, 4.69) is 10.3 Å². The van der Waals surface area contributed by atoms with E-state index in [0.29, 0.717) is 0 Å². The molecule has 0 aliphatic heterocycles. The molecule has 1 N–H and O–H groups in total. The summed E-state index contributed by atoms with van der Waals surface area (Å²) in [5.74, 6) is -0.217. The molecule has 0 saturated heterocycles. The van der Waals surface area contributed by atoms with E-state index >= 15 is 0 Å². The van der Waals surface area contributed by atoms with Crippen LogP contribution in [0.2, 0.25) is 0 Å². The average Bonchev–Trinajstić information content (AvgIpc) is 2.35. The number of benzene rings is 1. The molecule has 0 amide bonds. The molecular weight excluding hydrogens is 215 g/mol. The Hall–Kier alpha value is -1.74. The minimum absolute atomic E-state index is 0.0451. The molecule has 0 spiro atoms. The Kier molecular flexibility index (Phi) is 3.49. The molecule has 88 valence electrons. The highest BCUT2D eigenvalue weighted by atomic mass is 19.1. The van der Waals surface area contributed by atoms with Gasteiger partial charge in [0.15, 0.2) is 0 Å². The number of pyridine rings is 1. The van der Waals surface area contributed by atoms with Gasteiger partial charge in [-0.1, -0.05) is 18.2 Å². The van der Waals surface area contributed by atoms with Crippen molar-refractivity contribution < 1.29 is 4.39 Å². The zero-order valence-corrected chi connectivity index (χ0v) is 9.94. The molecule has 0 bridgehead atoms. The summed E-state index contributed by atoms with van der Waals surface area (Å²) in [7, 11) is 1.88. The predicted octanol–water partition coefficient (Wildman–Crippen LogP) is 2.84. The van der Waals surface area contributed by atoms with Crippen LogP contribution in [-0.2, 0) is 0 Å². The maximum Gasteiger partial charge on any atom is 0.123 e. The Labute approximate surface area is 101 Å². The van der Waals surface area contributed by atoms with Crippen molar-refractivity contribution in [3.63, 3.8) is 0 Å². The highest BCUT2D eigenvalue weighted by molar-refractivity contribution is 5.30. The number of nitrogens with one attached hydrogen (secondary N) is 1. The second kappa shape index (κ2) is 5.06. The molecule has 0 aliphatic carbocycles. The SMILES string of the molecule is CNC(c1ccc(F)cc1)c1ccc(C)nc1. The fraction of sp³-hybridized carbons (Fsp3) is 0.214. The van der Waals surface area contributed by atoms with E-state index in [1.807, 2.05) is 32.3 Å². The first kappa shape index (κ1) is 11.7. The van der Waals surface area contributed by atoms with Gasteiger partial charge < -0.3 is 5.32 Å². The molecule has 0 radical (unpaired) electrons. The number of halogens is 1. The quantitative estimate of drug-likeness (QED) is 0.877. The van der Waals surface area contributed by atoms with Crippen molar-refractivity contribution in [1.29, 1.82) is 0 Å². The van der Waals surface area contributed by atoms with E-state index < -0.39 is 0 Å². The summed E-state index contributed by atoms with van der Waals surface area (Å²) >= 11 is 0. The lowest BCUT2D eigenvalue weighted by Crippen LogP contribution is -2.17. The van der Waals surface area contributed by atoms with Crippen molar-refractivity contribution >= 4 is 0 Å². The minimum atomic E-state index is -0.217. The molecule has 3 heteroatoms. The first-order valence-electron chi connectivity index (χ1n) is 5.56. The Morgan fingerprint density at radius 1 is 1.06 bits per heavy atom. The van der Waals surface area contributed by atoms with Gasteiger partial charge in [0.05, 0.1) is 6.04 Å². The number of hydrogen-bond donors (Lipinski definition) is 1. The first-order chi connectivity index (χ1) is 8.20. The lowest BCUT2D eigenvalue weighted by atomic mass is 10.0. The number of nitrogens with zero attached hydrogens (tertiary/aromatic N) is 1. The van der Waals surface area contributed by atoms with Gasteiger partial charge in [0.2, 0.25) is 0 Å². The van der Waals surface area contributed by atoms with Gasteiger partial charge in [-0.15, -0.1) is 0 Å². The van der Waals surface area contributed by atoms with Crippen molar-refractivity contribution in [2.24, 2.45) is 0 Å². The van der Waals surface area contributed by atoms with Gasteiger partial charge in [0, 0.05) is 11.9 Å². The fourth-order valence-corrected chi connectivity index (χ4v) is 1.83. The summed E-state index contributed by atoms with van der Waals surface area (Å²) in [6.07, 6.45) is 1.85. The predicted molar refractivity (Wildman–Crippen MR) is 66.3 cm³/mol. The number of hydrogen-bond acceptors (Lipinski definition) is 2. The molecule has 2 rings (SSSR count). The van der Waals surface area contributed by atoms with Crippen LogP contribution in [-0.4, -0.2) is 12.0 Å². The first-order valence-corrected chi connectivity index (χ1v) is 5.56. The molecule has 1 aromatic heterocycles. The molecule has 17 heavy (non-hydrogen) atoms. The van der Waals surface area contributed by atoms with Gasteiger partial charge in [0.1, 0.15) is 5.82 Å². The summed E-state index contributed by atoms with van der Waals surface area (Å²) in [4.78, 5) is 4.28. The summed E-state index contributed by atoms with van der Waals surface area (Å²) in [5.41, 5.74) is 3.09. The third kappa shape index (κ3) is 2.68. The van der Waals surface area contributed by atoms with Gasteiger partial charge in [-0.3, -0.25) is 4.98 Å². The molecule has 1 heterocycles. The highest BCUT2D eigenvalue weighted by Gasteiger charge is 2.11. The Balaban J connectivity index is 2.33. The normalized spacial score (nSPS) is 12.4. The van der Waals surface area contributed by atoms with Crippen LogP contribution >= 0.6 is 0 Å². The van der Waals surface area contributed by atoms with Crippen LogP contribution in [0, 0.1) is 12.7 Å². The number of aromatic nitrogens is 1. The van der Waals surface area contributed by atoms with Crippen LogP contribution in [0.15, 0.2) is 42.6 Å². The lowest BCUT2D eigenvalue weighted by molar-refractivity contribution is 0.623. The summed E-state index contributed by atoms with van der Waals surface area (Å²) in [6.45, 7) is 1.95. The smallest absolute Gasteiger partial charge is 0.123 e. The minimum Gasteiger partial charge on any atom is -0.309 e. The van der Waals surface area contributed by atoms with Gasteiger partial charge >= 0.3 is 0 Å². The van der Waals surface area contributed by atoms with Crippen LogP contribution < -0.4 is 5.32 Å². The van der Waals surface area contributed by atoms with Crippen molar-refractivity contribution in [3.8, 4) is 0 Å². The highest BCUT2D eigenvalue weighted by Crippen LogP contribution is 2.21. The Morgan fingerprint density at radius 2 is 1.71 bits per heavy atom. The van der Waals surface area contributed by atoms with E-state index in [1.165, 1.54) is 12.1 Å². The van der Waals surface area contributed by atoms with Crippen molar-refractivity contribution in [2.45, 2.75) is 13.0 Å². The van der Waals surface area contributed by atoms with Crippen LogP contribution in [0.1, 0.15) is 22.9 Å². The summed E-state index contributed by atoms with van der Waals surface area (Å²) < 4.78 is 12.9. The molecule has 0 saturated carbocycles. The number of rotatable bonds is 3. The molecular formula is C14H15FN2. The van der Waals surface area contributed by atoms with Gasteiger partial charge in [-0.2, -0.15) is 0 Å². The maximum atomic E-state index is 12.9. The molecule has 0 aliphatic rings. The summed E-state index contributed by atoms with van der Waals surface area (Å²) in [5, 5.41) is 3.21. The van der Waals surface area contributed by atoms with E-state index in [0.717, 1.165) is 16.8 Å². The monoisotopic (exact) mass is 230 g/mol. The fourth-order valence-electron chi connectivity index (χ4n) is 1.83. The maximum absolute atomic E-state index is 12.9. The van der Waals surface area contributed by atoms with Crippen LogP contribution in [0.5, 0.6) is 0 Å². The topological polar surface area (TPSA) is 24.9 Å².